The summed E-state index contributed by atoms with van der Waals surface area (Å²) in [5, 5.41) is 13.2. The van der Waals surface area contributed by atoms with Crippen molar-refractivity contribution in [3.63, 3.8) is 0 Å². The number of alkyl halides is 3. The Bertz CT molecular complexity index is 809. The number of carbonyl (C=O) groups excluding carboxylic acids is 1. The Labute approximate surface area is 139 Å². The highest BCUT2D eigenvalue weighted by molar-refractivity contribution is 6.06. The third-order valence-corrected chi connectivity index (χ3v) is 3.10. The van der Waals surface area contributed by atoms with Crippen LogP contribution in [0.15, 0.2) is 36.7 Å². The fourth-order valence-electron chi connectivity index (χ4n) is 2.04. The molecule has 0 saturated heterocycles. The van der Waals surface area contributed by atoms with Gasteiger partial charge in [0.05, 0.1) is 28.7 Å². The van der Waals surface area contributed by atoms with Gasteiger partial charge < -0.3 is 10.1 Å². The third-order valence-electron chi connectivity index (χ3n) is 3.10. The Morgan fingerprint density at radius 1 is 1.36 bits per heavy atom. The molecule has 0 unspecified atom stereocenters. The number of carbonyl (C=O) groups is 1. The number of nitro groups is 1. The first-order chi connectivity index (χ1) is 11.7. The maximum atomic E-state index is 13.0. The van der Waals surface area contributed by atoms with E-state index in [2.05, 4.69) is 10.3 Å². The first kappa shape index (κ1) is 18.2. The molecule has 1 aromatic carbocycles. The van der Waals surface area contributed by atoms with Gasteiger partial charge in [0, 0.05) is 12.4 Å². The lowest BCUT2D eigenvalue weighted by atomic mass is 10.1. The van der Waals surface area contributed by atoms with Gasteiger partial charge in [-0.2, -0.15) is 13.2 Å². The number of hydrogen-bond donors (Lipinski definition) is 1. The summed E-state index contributed by atoms with van der Waals surface area (Å²) in [7, 11) is 0. The van der Waals surface area contributed by atoms with E-state index in [9.17, 15) is 28.1 Å². The van der Waals surface area contributed by atoms with Gasteiger partial charge in [-0.15, -0.1) is 0 Å². The maximum Gasteiger partial charge on any atom is 0.417 e. The first-order valence-electron chi connectivity index (χ1n) is 6.97. The minimum absolute atomic E-state index is 0.199. The zero-order valence-corrected chi connectivity index (χ0v) is 12.8. The molecule has 1 N–H and O–H groups in total. The van der Waals surface area contributed by atoms with E-state index in [4.69, 9.17) is 4.74 Å². The van der Waals surface area contributed by atoms with Crippen molar-refractivity contribution >= 4 is 17.3 Å². The molecule has 1 heterocycles. The predicted octanol–water partition coefficient (Wildman–Crippen LogP) is 3.66. The minimum Gasteiger partial charge on any atom is -0.494 e. The molecule has 0 radical (unpaired) electrons. The topological polar surface area (TPSA) is 94.4 Å². The molecular weight excluding hydrogens is 343 g/mol. The highest BCUT2D eigenvalue weighted by Crippen LogP contribution is 2.33. The van der Waals surface area contributed by atoms with Gasteiger partial charge in [0.25, 0.3) is 11.6 Å². The van der Waals surface area contributed by atoms with Crippen LogP contribution in [0.1, 0.15) is 22.8 Å². The van der Waals surface area contributed by atoms with E-state index >= 15 is 0 Å². The molecule has 7 nitrogen and oxygen atoms in total. The SMILES string of the molecule is CCOc1ccc(NC(=O)c2cnccc2C(F)(F)F)c([N+](=O)[O-])c1. The van der Waals surface area contributed by atoms with Crippen molar-refractivity contribution < 1.29 is 27.6 Å². The molecule has 1 amide bonds. The molecule has 25 heavy (non-hydrogen) atoms. The van der Waals surface area contributed by atoms with E-state index in [1.54, 1.807) is 6.92 Å². The number of anilines is 1. The molecule has 0 bridgehead atoms. The monoisotopic (exact) mass is 355 g/mol. The fraction of sp³-hybridized carbons (Fsp3) is 0.200. The van der Waals surface area contributed by atoms with Crippen LogP contribution in [-0.4, -0.2) is 22.4 Å². The normalized spacial score (nSPS) is 11.0. The molecule has 0 aliphatic rings. The summed E-state index contributed by atoms with van der Waals surface area (Å²) in [5.41, 5.74) is -2.68. The minimum atomic E-state index is -4.76. The molecule has 0 atom stereocenters. The molecule has 2 aromatic rings. The van der Waals surface area contributed by atoms with E-state index in [0.717, 1.165) is 18.5 Å². The second kappa shape index (κ2) is 7.16. The number of aromatic nitrogens is 1. The van der Waals surface area contributed by atoms with Crippen LogP contribution in [0, 0.1) is 10.1 Å². The van der Waals surface area contributed by atoms with E-state index in [-0.39, 0.29) is 18.0 Å². The van der Waals surface area contributed by atoms with Crippen molar-refractivity contribution in [3.05, 3.63) is 57.9 Å². The summed E-state index contributed by atoms with van der Waals surface area (Å²) < 4.78 is 44.0. The lowest BCUT2D eigenvalue weighted by molar-refractivity contribution is -0.384. The molecule has 2 rings (SSSR count). The largest absolute Gasteiger partial charge is 0.494 e. The second-order valence-corrected chi connectivity index (χ2v) is 4.74. The fourth-order valence-corrected chi connectivity index (χ4v) is 2.04. The van der Waals surface area contributed by atoms with Gasteiger partial charge in [-0.25, -0.2) is 0 Å². The predicted molar refractivity (Wildman–Crippen MR) is 81.5 cm³/mol. The van der Waals surface area contributed by atoms with Gasteiger partial charge in [0.2, 0.25) is 0 Å². The third kappa shape index (κ3) is 4.22. The number of pyridine rings is 1. The number of nitro benzene ring substituents is 1. The van der Waals surface area contributed by atoms with Crippen molar-refractivity contribution in [3.8, 4) is 5.75 Å². The van der Waals surface area contributed by atoms with Crippen LogP contribution >= 0.6 is 0 Å². The lowest BCUT2D eigenvalue weighted by Gasteiger charge is -2.12. The lowest BCUT2D eigenvalue weighted by Crippen LogP contribution is -2.19. The van der Waals surface area contributed by atoms with Crippen molar-refractivity contribution in [1.82, 2.24) is 4.98 Å². The number of amides is 1. The van der Waals surface area contributed by atoms with Gasteiger partial charge in [-0.05, 0) is 25.1 Å². The molecule has 0 saturated carbocycles. The number of rotatable bonds is 5. The molecule has 132 valence electrons. The maximum absolute atomic E-state index is 13.0. The molecule has 0 spiro atoms. The van der Waals surface area contributed by atoms with Gasteiger partial charge in [0.15, 0.2) is 0 Å². The quantitative estimate of drug-likeness (QED) is 0.652. The van der Waals surface area contributed by atoms with Gasteiger partial charge >= 0.3 is 6.18 Å². The number of benzene rings is 1. The van der Waals surface area contributed by atoms with Gasteiger partial charge in [-0.3, -0.25) is 19.9 Å². The second-order valence-electron chi connectivity index (χ2n) is 4.74. The van der Waals surface area contributed by atoms with Crippen LogP contribution in [-0.2, 0) is 6.18 Å². The summed E-state index contributed by atoms with van der Waals surface area (Å²) in [6.07, 6.45) is -3.11. The Hall–Kier alpha value is -3.17. The van der Waals surface area contributed by atoms with E-state index in [0.29, 0.717) is 6.07 Å². The Balaban J connectivity index is 2.37. The molecule has 10 heteroatoms. The van der Waals surface area contributed by atoms with Crippen molar-refractivity contribution in [2.75, 3.05) is 11.9 Å². The van der Waals surface area contributed by atoms with Crippen LogP contribution in [0.4, 0.5) is 24.5 Å². The Morgan fingerprint density at radius 3 is 2.68 bits per heavy atom. The zero-order valence-electron chi connectivity index (χ0n) is 12.8. The van der Waals surface area contributed by atoms with Crippen molar-refractivity contribution in [2.45, 2.75) is 13.1 Å². The number of hydrogen-bond acceptors (Lipinski definition) is 5. The average molecular weight is 355 g/mol. The van der Waals surface area contributed by atoms with Gasteiger partial charge in [0.1, 0.15) is 11.4 Å². The molecular formula is C15H12F3N3O4. The number of nitrogens with zero attached hydrogens (tertiary/aromatic N) is 2. The van der Waals surface area contributed by atoms with E-state index < -0.39 is 33.8 Å². The van der Waals surface area contributed by atoms with E-state index in [1.807, 2.05) is 0 Å². The number of halogens is 3. The molecule has 1 aromatic heterocycles. The molecule has 0 aliphatic heterocycles. The summed E-state index contributed by atoms with van der Waals surface area (Å²) >= 11 is 0. The van der Waals surface area contributed by atoms with Crippen LogP contribution in [0.2, 0.25) is 0 Å². The van der Waals surface area contributed by atoms with Crippen molar-refractivity contribution in [1.29, 1.82) is 0 Å². The smallest absolute Gasteiger partial charge is 0.417 e. The van der Waals surface area contributed by atoms with Gasteiger partial charge in [-0.1, -0.05) is 0 Å². The zero-order chi connectivity index (χ0) is 18.6. The highest BCUT2D eigenvalue weighted by atomic mass is 19.4. The van der Waals surface area contributed by atoms with Crippen LogP contribution in [0.25, 0.3) is 0 Å². The summed E-state index contributed by atoms with van der Waals surface area (Å²) in [4.78, 5) is 26.0. The van der Waals surface area contributed by atoms with Crippen LogP contribution in [0.5, 0.6) is 5.75 Å². The summed E-state index contributed by atoms with van der Waals surface area (Å²) in [6.45, 7) is 1.95. The number of nitrogens with one attached hydrogen (secondary N) is 1. The summed E-state index contributed by atoms with van der Waals surface area (Å²) in [5.74, 6) is -0.961. The first-order valence-corrected chi connectivity index (χ1v) is 6.97. The summed E-state index contributed by atoms with van der Waals surface area (Å²) in [6, 6.07) is 4.28. The Kier molecular flexibility index (Phi) is 5.20. The van der Waals surface area contributed by atoms with Crippen LogP contribution in [0.3, 0.4) is 0 Å². The van der Waals surface area contributed by atoms with Crippen LogP contribution < -0.4 is 10.1 Å². The van der Waals surface area contributed by atoms with Crippen molar-refractivity contribution in [2.24, 2.45) is 0 Å². The van der Waals surface area contributed by atoms with E-state index in [1.165, 1.54) is 12.1 Å². The molecule has 0 aliphatic carbocycles. The molecule has 0 fully saturated rings. The number of ether oxygens (including phenoxy) is 1. The highest BCUT2D eigenvalue weighted by Gasteiger charge is 2.35. The average Bonchev–Trinajstić information content (AvgIpc) is 2.55. The standard InChI is InChI=1S/C15H12F3N3O4/c1-2-25-9-3-4-12(13(7-9)21(23)24)20-14(22)10-8-19-6-5-11(10)15(16,17)18/h3-8H,2H2,1H3,(H,20,22). The Morgan fingerprint density at radius 2 is 2.08 bits per heavy atom.